The van der Waals surface area contributed by atoms with Crippen molar-refractivity contribution in [1.29, 1.82) is 0 Å². The normalized spacial score (nSPS) is 30.2. The summed E-state index contributed by atoms with van der Waals surface area (Å²) in [4.78, 5) is 11.2. The highest BCUT2D eigenvalue weighted by Gasteiger charge is 2.54. The highest BCUT2D eigenvalue weighted by atomic mass is 28.3. The van der Waals surface area contributed by atoms with Gasteiger partial charge in [0.1, 0.15) is 8.07 Å². The van der Waals surface area contributed by atoms with Crippen molar-refractivity contribution in [2.24, 2.45) is 11.3 Å². The summed E-state index contributed by atoms with van der Waals surface area (Å²) in [5.74, 6) is 3.15. The van der Waals surface area contributed by atoms with Crippen LogP contribution in [0.3, 0.4) is 0 Å². The van der Waals surface area contributed by atoms with Crippen molar-refractivity contribution < 1.29 is 9.53 Å². The first-order valence-electron chi connectivity index (χ1n) is 4.91. The number of carbonyl (C=O) groups is 1. The summed E-state index contributed by atoms with van der Waals surface area (Å²) in [6.45, 7) is 8.67. The zero-order valence-electron chi connectivity index (χ0n) is 9.60. The van der Waals surface area contributed by atoms with E-state index in [1.165, 1.54) is 7.11 Å². The molecule has 3 heteroatoms. The van der Waals surface area contributed by atoms with E-state index in [0.29, 0.717) is 0 Å². The lowest BCUT2D eigenvalue weighted by Crippen LogP contribution is -2.17. The molecule has 0 bridgehead atoms. The lowest BCUT2D eigenvalue weighted by molar-refractivity contribution is -0.142. The van der Waals surface area contributed by atoms with Gasteiger partial charge in [0.2, 0.25) is 0 Å². The lowest BCUT2D eigenvalue weighted by atomic mass is 10.1. The van der Waals surface area contributed by atoms with Crippen LogP contribution in [0.15, 0.2) is 0 Å². The molecule has 1 rings (SSSR count). The van der Waals surface area contributed by atoms with E-state index in [1.54, 1.807) is 0 Å². The first-order valence-corrected chi connectivity index (χ1v) is 8.41. The Balaban J connectivity index is 2.64. The average molecular weight is 210 g/mol. The van der Waals surface area contributed by atoms with E-state index in [9.17, 15) is 4.79 Å². The van der Waals surface area contributed by atoms with Crippen molar-refractivity contribution in [2.45, 2.75) is 33.0 Å². The third kappa shape index (κ3) is 2.62. The Bertz CT molecular complexity index is 305. The van der Waals surface area contributed by atoms with Gasteiger partial charge in [0.05, 0.1) is 13.0 Å². The maximum atomic E-state index is 11.2. The van der Waals surface area contributed by atoms with Gasteiger partial charge in [-0.15, -0.1) is 11.5 Å². The number of rotatable bonds is 1. The topological polar surface area (TPSA) is 26.3 Å². The second-order valence-electron chi connectivity index (χ2n) is 5.20. The maximum absolute atomic E-state index is 11.2. The van der Waals surface area contributed by atoms with Crippen molar-refractivity contribution in [3.63, 3.8) is 0 Å². The van der Waals surface area contributed by atoms with E-state index in [2.05, 4.69) is 31.1 Å². The van der Waals surface area contributed by atoms with Crippen LogP contribution in [0.25, 0.3) is 0 Å². The van der Waals surface area contributed by atoms with E-state index < -0.39 is 8.07 Å². The molecule has 0 N–H and O–H groups in total. The molecule has 1 saturated carbocycles. The summed E-state index contributed by atoms with van der Waals surface area (Å²) in [6, 6.07) is 0. The molecule has 0 aliphatic heterocycles. The fraction of sp³-hybridized carbons (Fsp3) is 0.727. The predicted molar refractivity (Wildman–Crippen MR) is 59.4 cm³/mol. The number of ether oxygens (including phenoxy) is 1. The minimum absolute atomic E-state index is 0.0105. The molecule has 14 heavy (non-hydrogen) atoms. The number of hydrogen-bond donors (Lipinski definition) is 0. The van der Waals surface area contributed by atoms with Gasteiger partial charge in [-0.1, -0.05) is 19.6 Å². The van der Waals surface area contributed by atoms with Crippen LogP contribution in [-0.2, 0) is 9.53 Å². The van der Waals surface area contributed by atoms with Crippen LogP contribution in [0.2, 0.25) is 19.6 Å². The standard InChI is InChI=1S/C11H18O2Si/c1-11(6-7-14(3,4)5)8-9(11)10(12)13-2/h9H,8H2,1-5H3. The molecule has 0 aromatic heterocycles. The summed E-state index contributed by atoms with van der Waals surface area (Å²) < 4.78 is 4.71. The van der Waals surface area contributed by atoms with Crippen molar-refractivity contribution in [2.75, 3.05) is 7.11 Å². The largest absolute Gasteiger partial charge is 0.469 e. The fourth-order valence-electron chi connectivity index (χ4n) is 1.32. The molecule has 2 atom stereocenters. The van der Waals surface area contributed by atoms with Gasteiger partial charge in [-0.05, 0) is 13.3 Å². The van der Waals surface area contributed by atoms with Gasteiger partial charge in [-0.2, -0.15) is 0 Å². The van der Waals surface area contributed by atoms with Crippen molar-refractivity contribution in [1.82, 2.24) is 0 Å². The van der Waals surface area contributed by atoms with Gasteiger partial charge in [0, 0.05) is 5.41 Å². The molecule has 0 radical (unpaired) electrons. The average Bonchev–Trinajstić information content (AvgIpc) is 2.73. The number of hydrogen-bond acceptors (Lipinski definition) is 2. The van der Waals surface area contributed by atoms with E-state index in [-0.39, 0.29) is 17.3 Å². The number of esters is 1. The van der Waals surface area contributed by atoms with Gasteiger partial charge in [-0.3, -0.25) is 4.79 Å². The molecule has 2 unspecified atom stereocenters. The lowest BCUT2D eigenvalue weighted by Gasteiger charge is -2.06. The Kier molecular flexibility index (Phi) is 2.78. The maximum Gasteiger partial charge on any atom is 0.310 e. The Morgan fingerprint density at radius 3 is 2.50 bits per heavy atom. The van der Waals surface area contributed by atoms with Gasteiger partial charge < -0.3 is 4.74 Å². The second-order valence-corrected chi connectivity index (χ2v) is 9.95. The third-order valence-corrected chi connectivity index (χ3v) is 3.32. The van der Waals surface area contributed by atoms with Crippen LogP contribution in [-0.4, -0.2) is 21.2 Å². The zero-order chi connectivity index (χ0) is 11.0. The van der Waals surface area contributed by atoms with Gasteiger partial charge in [0.25, 0.3) is 0 Å². The number of methoxy groups -OCH3 is 1. The molecule has 1 fully saturated rings. The van der Waals surface area contributed by atoms with Crippen LogP contribution in [0.5, 0.6) is 0 Å². The summed E-state index contributed by atoms with van der Waals surface area (Å²) in [5, 5.41) is 0. The van der Waals surface area contributed by atoms with Crippen LogP contribution < -0.4 is 0 Å². The molecular formula is C11H18O2Si. The fourth-order valence-corrected chi connectivity index (χ4v) is 1.98. The summed E-state index contributed by atoms with van der Waals surface area (Å²) in [7, 11) is 0.123. The molecule has 0 aromatic carbocycles. The monoisotopic (exact) mass is 210 g/mol. The first kappa shape index (κ1) is 11.3. The van der Waals surface area contributed by atoms with E-state index in [4.69, 9.17) is 4.74 Å². The summed E-state index contributed by atoms with van der Waals surface area (Å²) >= 11 is 0. The van der Waals surface area contributed by atoms with Crippen LogP contribution >= 0.6 is 0 Å². The SMILES string of the molecule is COC(=O)C1CC1(C)C#C[Si](C)(C)C. The molecule has 0 heterocycles. The Morgan fingerprint density at radius 2 is 2.07 bits per heavy atom. The highest BCUT2D eigenvalue weighted by molar-refractivity contribution is 6.83. The van der Waals surface area contributed by atoms with Gasteiger partial charge >= 0.3 is 5.97 Å². The van der Waals surface area contributed by atoms with Crippen molar-refractivity contribution >= 4 is 14.0 Å². The van der Waals surface area contributed by atoms with E-state index in [1.807, 2.05) is 6.92 Å². The molecule has 0 amide bonds. The predicted octanol–water partition coefficient (Wildman–Crippen LogP) is 2.07. The molecule has 0 saturated heterocycles. The van der Waals surface area contributed by atoms with E-state index >= 15 is 0 Å². The minimum atomic E-state index is -1.31. The Morgan fingerprint density at radius 1 is 1.50 bits per heavy atom. The van der Waals surface area contributed by atoms with E-state index in [0.717, 1.165) is 6.42 Å². The Hall–Kier alpha value is -0.753. The minimum Gasteiger partial charge on any atom is -0.469 e. The van der Waals surface area contributed by atoms with Crippen LogP contribution in [0.4, 0.5) is 0 Å². The van der Waals surface area contributed by atoms with Crippen LogP contribution in [0, 0.1) is 22.8 Å². The molecular weight excluding hydrogens is 192 g/mol. The molecule has 0 aromatic rings. The Labute approximate surface area is 87.0 Å². The van der Waals surface area contributed by atoms with Crippen molar-refractivity contribution in [3.05, 3.63) is 0 Å². The quantitative estimate of drug-likeness (QED) is 0.376. The van der Waals surface area contributed by atoms with Gasteiger partial charge in [0.15, 0.2) is 0 Å². The van der Waals surface area contributed by atoms with Crippen molar-refractivity contribution in [3.8, 4) is 11.5 Å². The zero-order valence-corrected chi connectivity index (χ0v) is 10.6. The molecule has 1 aliphatic rings. The molecule has 78 valence electrons. The smallest absolute Gasteiger partial charge is 0.310 e. The molecule has 0 spiro atoms. The summed E-state index contributed by atoms with van der Waals surface area (Å²) in [5.41, 5.74) is 3.21. The molecule has 1 aliphatic carbocycles. The highest BCUT2D eigenvalue weighted by Crippen LogP contribution is 2.52. The van der Waals surface area contributed by atoms with Crippen LogP contribution in [0.1, 0.15) is 13.3 Å². The third-order valence-electron chi connectivity index (χ3n) is 2.45. The molecule has 2 nitrogen and oxygen atoms in total. The first-order chi connectivity index (χ1) is 6.28. The number of carbonyl (C=O) groups excluding carboxylic acids is 1. The van der Waals surface area contributed by atoms with Gasteiger partial charge in [-0.25, -0.2) is 0 Å². The second kappa shape index (κ2) is 3.43. The summed E-state index contributed by atoms with van der Waals surface area (Å²) in [6.07, 6.45) is 0.858.